The molecule has 0 radical (unpaired) electrons. The largest absolute Gasteiger partial charge is 0.306 e. The molecule has 0 bridgehead atoms. The third kappa shape index (κ3) is 3.32. The number of hydrogen-bond acceptors (Lipinski definition) is 3. The van der Waals surface area contributed by atoms with Crippen LogP contribution < -0.4 is 0 Å². The van der Waals surface area contributed by atoms with Crippen LogP contribution >= 0.6 is 0 Å². The quantitative estimate of drug-likeness (QED) is 0.846. The molecule has 1 fully saturated rings. The Morgan fingerprint density at radius 1 is 1.29 bits per heavy atom. The minimum Gasteiger partial charge on any atom is -0.306 e. The topological polar surface area (TPSA) is 34.0 Å². The molecule has 1 aliphatic heterocycles. The lowest BCUT2D eigenvalue weighted by atomic mass is 9.98. The van der Waals surface area contributed by atoms with E-state index < -0.39 is 0 Å². The fourth-order valence-electron chi connectivity index (χ4n) is 3.21. The van der Waals surface area contributed by atoms with E-state index in [9.17, 15) is 0 Å². The molecule has 4 nitrogen and oxygen atoms in total. The number of aryl methyl sites for hydroxylation is 1. The zero-order valence-corrected chi connectivity index (χ0v) is 13.0. The molecule has 1 atom stereocenters. The molecule has 0 N–H and O–H groups in total. The van der Waals surface area contributed by atoms with Gasteiger partial charge < -0.3 is 4.90 Å². The first-order valence-corrected chi connectivity index (χ1v) is 7.92. The summed E-state index contributed by atoms with van der Waals surface area (Å²) in [5, 5.41) is 4.40. The predicted molar refractivity (Wildman–Crippen MR) is 85.1 cm³/mol. The minimum absolute atomic E-state index is 0.783. The van der Waals surface area contributed by atoms with Crippen LogP contribution in [0.2, 0.25) is 0 Å². The maximum Gasteiger partial charge on any atom is 0.0885 e. The maximum absolute atomic E-state index is 4.54. The SMILES string of the molecule is CCCn1nccc1-c1cc(C[C@@H]2CCN(C)C2)ccn1. The number of hydrogen-bond donors (Lipinski definition) is 0. The summed E-state index contributed by atoms with van der Waals surface area (Å²) in [5.74, 6) is 0.783. The monoisotopic (exact) mass is 284 g/mol. The second-order valence-corrected chi connectivity index (χ2v) is 6.11. The van der Waals surface area contributed by atoms with Crippen molar-refractivity contribution in [3.63, 3.8) is 0 Å². The molecule has 0 spiro atoms. The molecule has 2 aromatic rings. The van der Waals surface area contributed by atoms with Gasteiger partial charge in [-0.05, 0) is 62.5 Å². The van der Waals surface area contributed by atoms with Gasteiger partial charge in [0.2, 0.25) is 0 Å². The van der Waals surface area contributed by atoms with Crippen LogP contribution in [0.5, 0.6) is 0 Å². The highest BCUT2D eigenvalue weighted by Gasteiger charge is 2.19. The first-order chi connectivity index (χ1) is 10.3. The van der Waals surface area contributed by atoms with E-state index in [1.165, 1.54) is 25.1 Å². The molecule has 1 saturated heterocycles. The Balaban J connectivity index is 1.78. The van der Waals surface area contributed by atoms with Crippen LogP contribution in [-0.2, 0) is 13.0 Å². The van der Waals surface area contributed by atoms with Gasteiger partial charge in [0.25, 0.3) is 0 Å². The standard InChI is InChI=1S/C17H24N4/c1-3-9-21-17(5-8-19-21)16-12-14(4-7-18-16)11-15-6-10-20(2)13-15/h4-5,7-8,12,15H,3,6,9-11,13H2,1-2H3/t15-/m0/s1. The van der Waals surface area contributed by atoms with Crippen molar-refractivity contribution in [1.29, 1.82) is 0 Å². The van der Waals surface area contributed by atoms with Crippen LogP contribution in [0, 0.1) is 5.92 Å². The van der Waals surface area contributed by atoms with Gasteiger partial charge in [-0.3, -0.25) is 9.67 Å². The van der Waals surface area contributed by atoms with Crippen molar-refractivity contribution in [3.05, 3.63) is 36.2 Å². The Hall–Kier alpha value is -1.68. The second-order valence-electron chi connectivity index (χ2n) is 6.11. The van der Waals surface area contributed by atoms with E-state index in [0.717, 1.165) is 36.7 Å². The third-order valence-corrected chi connectivity index (χ3v) is 4.25. The number of nitrogens with zero attached hydrogens (tertiary/aromatic N) is 4. The number of pyridine rings is 1. The second kappa shape index (κ2) is 6.39. The van der Waals surface area contributed by atoms with Gasteiger partial charge in [0.1, 0.15) is 0 Å². The van der Waals surface area contributed by atoms with Crippen molar-refractivity contribution in [2.45, 2.75) is 32.7 Å². The van der Waals surface area contributed by atoms with E-state index in [4.69, 9.17) is 0 Å². The van der Waals surface area contributed by atoms with Crippen LogP contribution in [0.3, 0.4) is 0 Å². The normalized spacial score (nSPS) is 19.2. The smallest absolute Gasteiger partial charge is 0.0885 e. The molecule has 3 heterocycles. The molecular weight excluding hydrogens is 260 g/mol. The van der Waals surface area contributed by atoms with E-state index >= 15 is 0 Å². The van der Waals surface area contributed by atoms with Gasteiger partial charge in [0, 0.05) is 25.5 Å². The van der Waals surface area contributed by atoms with Gasteiger partial charge in [0.05, 0.1) is 11.4 Å². The molecule has 112 valence electrons. The Morgan fingerprint density at radius 2 is 2.19 bits per heavy atom. The molecular formula is C17H24N4. The van der Waals surface area contributed by atoms with Crippen LogP contribution in [0.1, 0.15) is 25.3 Å². The lowest BCUT2D eigenvalue weighted by Gasteiger charge is -2.11. The summed E-state index contributed by atoms with van der Waals surface area (Å²) >= 11 is 0. The van der Waals surface area contributed by atoms with Crippen LogP contribution in [-0.4, -0.2) is 39.8 Å². The van der Waals surface area contributed by atoms with Crippen molar-refractivity contribution >= 4 is 0 Å². The van der Waals surface area contributed by atoms with Gasteiger partial charge in [-0.1, -0.05) is 6.92 Å². The predicted octanol–water partition coefficient (Wildman–Crippen LogP) is 2.85. The van der Waals surface area contributed by atoms with E-state index in [-0.39, 0.29) is 0 Å². The fourth-order valence-corrected chi connectivity index (χ4v) is 3.21. The summed E-state index contributed by atoms with van der Waals surface area (Å²) in [7, 11) is 2.21. The lowest BCUT2D eigenvalue weighted by Crippen LogP contribution is -2.15. The van der Waals surface area contributed by atoms with Gasteiger partial charge in [-0.2, -0.15) is 5.10 Å². The Kier molecular flexibility index (Phi) is 4.34. The van der Waals surface area contributed by atoms with Crippen LogP contribution in [0.25, 0.3) is 11.4 Å². The van der Waals surface area contributed by atoms with Crippen molar-refractivity contribution in [2.75, 3.05) is 20.1 Å². The summed E-state index contributed by atoms with van der Waals surface area (Å²) in [4.78, 5) is 6.96. The molecule has 21 heavy (non-hydrogen) atoms. The molecule has 3 rings (SSSR count). The minimum atomic E-state index is 0.783. The fraction of sp³-hybridized carbons (Fsp3) is 0.529. The highest BCUT2D eigenvalue weighted by Crippen LogP contribution is 2.23. The van der Waals surface area contributed by atoms with E-state index in [1.54, 1.807) is 0 Å². The van der Waals surface area contributed by atoms with Gasteiger partial charge in [-0.15, -0.1) is 0 Å². The lowest BCUT2D eigenvalue weighted by molar-refractivity contribution is 0.394. The van der Waals surface area contributed by atoms with Gasteiger partial charge in [0.15, 0.2) is 0 Å². The van der Waals surface area contributed by atoms with Crippen molar-refractivity contribution in [1.82, 2.24) is 19.7 Å². The van der Waals surface area contributed by atoms with E-state index in [0.29, 0.717) is 0 Å². The molecule has 0 amide bonds. The number of rotatable bonds is 5. The summed E-state index contributed by atoms with van der Waals surface area (Å²) in [6, 6.07) is 6.45. The number of likely N-dealkylation sites (tertiary alicyclic amines) is 1. The summed E-state index contributed by atoms with van der Waals surface area (Å²) in [5.41, 5.74) is 3.57. The van der Waals surface area contributed by atoms with Crippen LogP contribution in [0.4, 0.5) is 0 Å². The van der Waals surface area contributed by atoms with Crippen molar-refractivity contribution in [2.24, 2.45) is 5.92 Å². The average molecular weight is 284 g/mol. The molecule has 2 aromatic heterocycles. The molecule has 0 saturated carbocycles. The first kappa shape index (κ1) is 14.3. The zero-order valence-electron chi connectivity index (χ0n) is 13.0. The van der Waals surface area contributed by atoms with Crippen LogP contribution in [0.15, 0.2) is 30.6 Å². The molecule has 0 unspecified atom stereocenters. The zero-order chi connectivity index (χ0) is 14.7. The maximum atomic E-state index is 4.54. The average Bonchev–Trinajstić information content (AvgIpc) is 3.09. The summed E-state index contributed by atoms with van der Waals surface area (Å²) in [6.45, 7) is 5.56. The Labute approximate surface area is 126 Å². The number of aromatic nitrogens is 3. The van der Waals surface area contributed by atoms with Crippen molar-refractivity contribution in [3.8, 4) is 11.4 Å². The Morgan fingerprint density at radius 3 is 2.95 bits per heavy atom. The summed E-state index contributed by atoms with van der Waals surface area (Å²) < 4.78 is 2.05. The van der Waals surface area contributed by atoms with Crippen molar-refractivity contribution < 1.29 is 0 Å². The summed E-state index contributed by atoms with van der Waals surface area (Å²) in [6.07, 6.45) is 7.35. The Bertz CT molecular complexity index is 590. The highest BCUT2D eigenvalue weighted by atomic mass is 15.3. The van der Waals surface area contributed by atoms with Gasteiger partial charge >= 0.3 is 0 Å². The van der Waals surface area contributed by atoms with E-state index in [2.05, 4.69) is 51.8 Å². The molecule has 0 aliphatic carbocycles. The molecule has 1 aliphatic rings. The van der Waals surface area contributed by atoms with E-state index in [1.807, 2.05) is 12.4 Å². The first-order valence-electron chi connectivity index (χ1n) is 7.92. The molecule has 4 heteroatoms. The molecule has 0 aromatic carbocycles. The van der Waals surface area contributed by atoms with Gasteiger partial charge in [-0.25, -0.2) is 0 Å². The highest BCUT2D eigenvalue weighted by molar-refractivity contribution is 5.55. The third-order valence-electron chi connectivity index (χ3n) is 4.25.